The van der Waals surface area contributed by atoms with Gasteiger partial charge in [0, 0.05) is 38.2 Å². The molecule has 1 aliphatic carbocycles. The van der Waals surface area contributed by atoms with Crippen LogP contribution in [-0.4, -0.2) is 48.2 Å². The molecule has 0 radical (unpaired) electrons. The predicted octanol–water partition coefficient (Wildman–Crippen LogP) is 1.24. The second-order valence-electron chi connectivity index (χ2n) is 6.64. The molecule has 0 bridgehead atoms. The molecule has 19 heavy (non-hydrogen) atoms. The predicted molar refractivity (Wildman–Crippen MR) is 75.7 cm³/mol. The van der Waals surface area contributed by atoms with Gasteiger partial charge in [-0.2, -0.15) is 0 Å². The molecule has 2 rings (SSSR count). The molecule has 4 heteroatoms. The van der Waals surface area contributed by atoms with Gasteiger partial charge >= 0.3 is 0 Å². The highest BCUT2D eigenvalue weighted by molar-refractivity contribution is 5.78. The van der Waals surface area contributed by atoms with Crippen molar-refractivity contribution in [2.24, 2.45) is 17.8 Å². The van der Waals surface area contributed by atoms with Crippen molar-refractivity contribution < 1.29 is 9.90 Å². The highest BCUT2D eigenvalue weighted by atomic mass is 16.3. The molecule has 1 heterocycles. The third-order valence-corrected chi connectivity index (χ3v) is 4.23. The van der Waals surface area contributed by atoms with Gasteiger partial charge in [-0.15, -0.1) is 0 Å². The highest BCUT2D eigenvalue weighted by Gasteiger charge is 2.32. The monoisotopic (exact) mass is 268 g/mol. The van der Waals surface area contributed by atoms with Gasteiger partial charge in [0.15, 0.2) is 0 Å². The number of amides is 1. The van der Waals surface area contributed by atoms with E-state index >= 15 is 0 Å². The van der Waals surface area contributed by atoms with Crippen molar-refractivity contribution in [1.82, 2.24) is 10.2 Å². The second-order valence-corrected chi connectivity index (χ2v) is 6.64. The summed E-state index contributed by atoms with van der Waals surface area (Å²) in [5.74, 6) is 1.61. The largest absolute Gasteiger partial charge is 0.396 e. The zero-order valence-electron chi connectivity index (χ0n) is 12.3. The Morgan fingerprint density at radius 2 is 2.05 bits per heavy atom. The van der Waals surface area contributed by atoms with Crippen LogP contribution in [0.25, 0.3) is 0 Å². The van der Waals surface area contributed by atoms with Gasteiger partial charge < -0.3 is 15.3 Å². The molecule has 4 nitrogen and oxygen atoms in total. The van der Waals surface area contributed by atoms with E-state index in [9.17, 15) is 4.79 Å². The van der Waals surface area contributed by atoms with Gasteiger partial charge in [-0.3, -0.25) is 4.79 Å². The van der Waals surface area contributed by atoms with Crippen LogP contribution in [0.1, 0.15) is 39.5 Å². The number of hydrogen-bond acceptors (Lipinski definition) is 3. The number of nitrogens with zero attached hydrogens (tertiary/aromatic N) is 1. The van der Waals surface area contributed by atoms with Crippen LogP contribution in [0.4, 0.5) is 0 Å². The summed E-state index contributed by atoms with van der Waals surface area (Å²) in [4.78, 5) is 14.3. The molecule has 2 atom stereocenters. The molecular formula is C15H28N2O2. The number of rotatable bonds is 6. The lowest BCUT2D eigenvalue weighted by atomic mass is 9.91. The lowest BCUT2D eigenvalue weighted by Gasteiger charge is -2.38. The topological polar surface area (TPSA) is 52.6 Å². The smallest absolute Gasteiger partial charge is 0.222 e. The first kappa shape index (κ1) is 14.8. The third-order valence-electron chi connectivity index (χ3n) is 4.23. The Bertz CT molecular complexity index is 303. The molecule has 2 unspecified atom stereocenters. The molecule has 2 fully saturated rings. The molecule has 0 spiro atoms. The summed E-state index contributed by atoms with van der Waals surface area (Å²) < 4.78 is 0. The van der Waals surface area contributed by atoms with E-state index in [-0.39, 0.29) is 24.5 Å². The van der Waals surface area contributed by atoms with Gasteiger partial charge in [-0.25, -0.2) is 0 Å². The number of carbonyl (C=O) groups excluding carboxylic acids is 1. The first-order chi connectivity index (χ1) is 9.08. The fourth-order valence-corrected chi connectivity index (χ4v) is 2.98. The van der Waals surface area contributed by atoms with E-state index in [2.05, 4.69) is 10.2 Å². The summed E-state index contributed by atoms with van der Waals surface area (Å²) in [5, 5.41) is 12.3. The number of carbonyl (C=O) groups is 1. The van der Waals surface area contributed by atoms with E-state index < -0.39 is 0 Å². The van der Waals surface area contributed by atoms with Crippen LogP contribution in [0.3, 0.4) is 0 Å². The molecule has 1 saturated heterocycles. The average molecular weight is 268 g/mol. The number of likely N-dealkylation sites (tertiary alicyclic amines) is 1. The summed E-state index contributed by atoms with van der Waals surface area (Å²) in [5.41, 5.74) is 0. The minimum Gasteiger partial charge on any atom is -0.396 e. The van der Waals surface area contributed by atoms with E-state index in [1.54, 1.807) is 0 Å². The quantitative estimate of drug-likeness (QED) is 0.762. The first-order valence-corrected chi connectivity index (χ1v) is 7.72. The van der Waals surface area contributed by atoms with Gasteiger partial charge in [0.2, 0.25) is 5.91 Å². The molecule has 2 N–H and O–H groups in total. The number of hydrogen-bond donors (Lipinski definition) is 2. The second kappa shape index (κ2) is 6.71. The highest BCUT2D eigenvalue weighted by Crippen LogP contribution is 2.31. The van der Waals surface area contributed by atoms with Gasteiger partial charge in [-0.05, 0) is 37.5 Å². The summed E-state index contributed by atoms with van der Waals surface area (Å²) in [6, 6.07) is 0.263. The van der Waals surface area contributed by atoms with Crippen molar-refractivity contribution in [3.63, 3.8) is 0 Å². The first-order valence-electron chi connectivity index (χ1n) is 7.72. The van der Waals surface area contributed by atoms with E-state index in [0.717, 1.165) is 31.8 Å². The molecule has 0 aromatic carbocycles. The van der Waals surface area contributed by atoms with E-state index in [1.165, 1.54) is 19.4 Å². The standard InChI is InChI=1S/C15H28N2O2/c1-11(2)15(19)16-14-7-13(5-6-18)9-17(10-14)8-12-3-4-12/h11-14,18H,3-10H2,1-2H3,(H,16,19). The normalized spacial score (nSPS) is 28.6. The number of piperidine rings is 1. The average Bonchev–Trinajstić information content (AvgIpc) is 3.12. The van der Waals surface area contributed by atoms with Crippen LogP contribution in [-0.2, 0) is 4.79 Å². The number of aliphatic hydroxyl groups is 1. The van der Waals surface area contributed by atoms with Crippen molar-refractivity contribution in [3.05, 3.63) is 0 Å². The fourth-order valence-electron chi connectivity index (χ4n) is 2.98. The zero-order valence-corrected chi connectivity index (χ0v) is 12.3. The molecule has 0 aromatic heterocycles. The minimum absolute atomic E-state index is 0.0510. The van der Waals surface area contributed by atoms with Crippen LogP contribution in [0.2, 0.25) is 0 Å². The summed E-state index contributed by atoms with van der Waals surface area (Å²) in [7, 11) is 0. The number of aliphatic hydroxyl groups excluding tert-OH is 1. The molecule has 1 saturated carbocycles. The van der Waals surface area contributed by atoms with Crippen molar-refractivity contribution in [2.75, 3.05) is 26.2 Å². The Morgan fingerprint density at radius 3 is 2.63 bits per heavy atom. The SMILES string of the molecule is CC(C)C(=O)NC1CC(CCO)CN(CC2CC2)C1. The molecule has 0 aromatic rings. The lowest BCUT2D eigenvalue weighted by molar-refractivity contribution is -0.125. The van der Waals surface area contributed by atoms with E-state index in [1.807, 2.05) is 13.8 Å². The Morgan fingerprint density at radius 1 is 1.32 bits per heavy atom. The lowest BCUT2D eigenvalue weighted by Crippen LogP contribution is -2.52. The van der Waals surface area contributed by atoms with Gasteiger partial charge in [-0.1, -0.05) is 13.8 Å². The van der Waals surface area contributed by atoms with Crippen molar-refractivity contribution in [1.29, 1.82) is 0 Å². The maximum Gasteiger partial charge on any atom is 0.222 e. The zero-order chi connectivity index (χ0) is 13.8. The number of nitrogens with one attached hydrogen (secondary N) is 1. The summed E-state index contributed by atoms with van der Waals surface area (Å²) in [6.07, 6.45) is 4.60. The molecule has 1 aliphatic heterocycles. The minimum atomic E-state index is 0.0510. The molecule has 2 aliphatic rings. The van der Waals surface area contributed by atoms with Crippen LogP contribution < -0.4 is 5.32 Å². The Hall–Kier alpha value is -0.610. The van der Waals surface area contributed by atoms with Gasteiger partial charge in [0.1, 0.15) is 0 Å². The van der Waals surface area contributed by atoms with Gasteiger partial charge in [0.25, 0.3) is 0 Å². The van der Waals surface area contributed by atoms with Crippen LogP contribution in [0.15, 0.2) is 0 Å². The summed E-state index contributed by atoms with van der Waals surface area (Å²) in [6.45, 7) is 7.38. The molecule has 110 valence electrons. The van der Waals surface area contributed by atoms with Gasteiger partial charge in [0.05, 0.1) is 0 Å². The maximum atomic E-state index is 11.8. The molecular weight excluding hydrogens is 240 g/mol. The van der Waals surface area contributed by atoms with Crippen molar-refractivity contribution in [2.45, 2.75) is 45.6 Å². The molecule has 1 amide bonds. The third kappa shape index (κ3) is 4.77. The van der Waals surface area contributed by atoms with Crippen molar-refractivity contribution >= 4 is 5.91 Å². The Kier molecular flexibility index (Phi) is 5.22. The van der Waals surface area contributed by atoms with Crippen molar-refractivity contribution in [3.8, 4) is 0 Å². The fraction of sp³-hybridized carbons (Fsp3) is 0.933. The van der Waals surface area contributed by atoms with Crippen LogP contribution >= 0.6 is 0 Å². The maximum absolute atomic E-state index is 11.8. The van der Waals surface area contributed by atoms with E-state index in [0.29, 0.717) is 5.92 Å². The Balaban J connectivity index is 1.87. The van der Waals surface area contributed by atoms with E-state index in [4.69, 9.17) is 5.11 Å². The summed E-state index contributed by atoms with van der Waals surface area (Å²) >= 11 is 0. The Labute approximate surface area is 116 Å². The van der Waals surface area contributed by atoms with Crippen LogP contribution in [0.5, 0.6) is 0 Å². The van der Waals surface area contributed by atoms with Crippen LogP contribution in [0, 0.1) is 17.8 Å².